The van der Waals surface area contributed by atoms with E-state index in [-0.39, 0.29) is 12.3 Å². The quantitative estimate of drug-likeness (QED) is 0.924. The van der Waals surface area contributed by atoms with Crippen molar-refractivity contribution in [2.24, 2.45) is 0 Å². The summed E-state index contributed by atoms with van der Waals surface area (Å²) in [4.78, 5) is 16.1. The molecule has 1 aliphatic heterocycles. The van der Waals surface area contributed by atoms with Crippen LogP contribution < -0.4 is 4.90 Å². The Balaban J connectivity index is 1.55. The number of carbonyl (C=O) groups excluding carboxylic acids is 1. The number of piperazine rings is 1. The van der Waals surface area contributed by atoms with Crippen LogP contribution >= 0.6 is 0 Å². The first-order valence-electron chi connectivity index (χ1n) is 8.04. The van der Waals surface area contributed by atoms with E-state index in [2.05, 4.69) is 10.2 Å². The second-order valence-corrected chi connectivity index (χ2v) is 6.13. The molecule has 2 heterocycles. The van der Waals surface area contributed by atoms with Crippen LogP contribution in [0.5, 0.6) is 0 Å². The zero-order valence-corrected chi connectivity index (χ0v) is 13.8. The molecular weight excluding hydrogens is 333 g/mol. The van der Waals surface area contributed by atoms with Crippen molar-refractivity contribution in [1.82, 2.24) is 15.1 Å². The van der Waals surface area contributed by atoms with Gasteiger partial charge in [-0.25, -0.2) is 0 Å². The number of nitrogens with one attached hydrogen (secondary N) is 1. The van der Waals surface area contributed by atoms with Crippen molar-refractivity contribution in [2.75, 3.05) is 31.1 Å². The summed E-state index contributed by atoms with van der Waals surface area (Å²) in [5.74, 6) is 0.0126. The van der Waals surface area contributed by atoms with E-state index in [0.29, 0.717) is 31.9 Å². The molecular formula is C17H19F3N4O. The third kappa shape index (κ3) is 4.12. The number of aromatic nitrogens is 2. The third-order valence-electron chi connectivity index (χ3n) is 4.28. The predicted octanol–water partition coefficient (Wildman–Crippen LogP) is 2.63. The van der Waals surface area contributed by atoms with Gasteiger partial charge in [-0.05, 0) is 37.3 Å². The average molecular weight is 352 g/mol. The number of nitrogens with zero attached hydrogens (tertiary/aromatic N) is 3. The number of aryl methyl sites for hydroxylation is 1. The Morgan fingerprint density at radius 3 is 2.32 bits per heavy atom. The van der Waals surface area contributed by atoms with E-state index in [1.807, 2.05) is 17.9 Å². The molecule has 3 rings (SSSR count). The molecule has 5 nitrogen and oxygen atoms in total. The van der Waals surface area contributed by atoms with Crippen LogP contribution in [0, 0.1) is 6.92 Å². The van der Waals surface area contributed by atoms with Gasteiger partial charge in [0.15, 0.2) is 0 Å². The van der Waals surface area contributed by atoms with E-state index in [0.717, 1.165) is 23.5 Å². The van der Waals surface area contributed by atoms with Crippen molar-refractivity contribution in [3.63, 3.8) is 0 Å². The first-order chi connectivity index (χ1) is 11.8. The third-order valence-corrected chi connectivity index (χ3v) is 4.28. The standard InChI is InChI=1S/C17H19F3N4O/c1-12-10-14(22-21-12)11-16(25)24-8-6-23(7-9-24)15-4-2-13(3-5-15)17(18,19)20/h2-5,10H,6-9,11H2,1H3,(H,21,22). The Morgan fingerprint density at radius 2 is 1.80 bits per heavy atom. The largest absolute Gasteiger partial charge is 0.416 e. The number of alkyl halides is 3. The average Bonchev–Trinajstić information content (AvgIpc) is 2.99. The van der Waals surface area contributed by atoms with Gasteiger partial charge in [0.1, 0.15) is 0 Å². The number of aromatic amines is 1. The van der Waals surface area contributed by atoms with E-state index in [1.165, 1.54) is 12.1 Å². The number of amides is 1. The summed E-state index contributed by atoms with van der Waals surface area (Å²) < 4.78 is 37.9. The van der Waals surface area contributed by atoms with Gasteiger partial charge in [0.05, 0.1) is 17.7 Å². The SMILES string of the molecule is Cc1cc(CC(=O)N2CCN(c3ccc(C(F)(F)F)cc3)CC2)n[nH]1. The van der Waals surface area contributed by atoms with E-state index in [9.17, 15) is 18.0 Å². The number of carbonyl (C=O) groups is 1. The van der Waals surface area contributed by atoms with Gasteiger partial charge in [-0.3, -0.25) is 9.89 Å². The maximum atomic E-state index is 12.6. The first kappa shape index (κ1) is 17.3. The van der Waals surface area contributed by atoms with Gasteiger partial charge >= 0.3 is 6.18 Å². The number of halogens is 3. The van der Waals surface area contributed by atoms with Crippen LogP contribution in [0.4, 0.5) is 18.9 Å². The monoisotopic (exact) mass is 352 g/mol. The number of hydrogen-bond acceptors (Lipinski definition) is 3. The smallest absolute Gasteiger partial charge is 0.368 e. The van der Waals surface area contributed by atoms with Crippen molar-refractivity contribution < 1.29 is 18.0 Å². The molecule has 0 aliphatic carbocycles. The molecule has 134 valence electrons. The lowest BCUT2D eigenvalue weighted by atomic mass is 10.1. The minimum Gasteiger partial charge on any atom is -0.368 e. The second-order valence-electron chi connectivity index (χ2n) is 6.13. The molecule has 0 radical (unpaired) electrons. The lowest BCUT2D eigenvalue weighted by Crippen LogP contribution is -2.49. The zero-order chi connectivity index (χ0) is 18.0. The lowest BCUT2D eigenvalue weighted by Gasteiger charge is -2.36. The first-order valence-corrected chi connectivity index (χ1v) is 8.04. The molecule has 0 bridgehead atoms. The van der Waals surface area contributed by atoms with Gasteiger partial charge in [0, 0.05) is 37.6 Å². The van der Waals surface area contributed by atoms with Crippen LogP contribution in [0.15, 0.2) is 30.3 Å². The maximum absolute atomic E-state index is 12.6. The van der Waals surface area contributed by atoms with Crippen molar-refractivity contribution in [3.8, 4) is 0 Å². The molecule has 1 aliphatic rings. The fourth-order valence-corrected chi connectivity index (χ4v) is 2.91. The molecule has 0 unspecified atom stereocenters. The summed E-state index contributed by atoms with van der Waals surface area (Å²) in [5.41, 5.74) is 1.71. The second kappa shape index (κ2) is 6.78. The normalized spacial score (nSPS) is 15.5. The summed E-state index contributed by atoms with van der Waals surface area (Å²) in [6.45, 7) is 4.16. The zero-order valence-electron chi connectivity index (χ0n) is 13.8. The van der Waals surface area contributed by atoms with Crippen molar-refractivity contribution in [2.45, 2.75) is 19.5 Å². The van der Waals surface area contributed by atoms with Crippen LogP contribution in [0.2, 0.25) is 0 Å². The van der Waals surface area contributed by atoms with E-state index < -0.39 is 11.7 Å². The summed E-state index contributed by atoms with van der Waals surface area (Å²) in [7, 11) is 0. The van der Waals surface area contributed by atoms with Crippen LogP contribution in [0.25, 0.3) is 0 Å². The van der Waals surface area contributed by atoms with Crippen LogP contribution in [0.3, 0.4) is 0 Å². The summed E-state index contributed by atoms with van der Waals surface area (Å²) in [5, 5.41) is 6.88. The van der Waals surface area contributed by atoms with Gasteiger partial charge in [-0.15, -0.1) is 0 Å². The fourth-order valence-electron chi connectivity index (χ4n) is 2.91. The molecule has 1 fully saturated rings. The number of benzene rings is 1. The molecule has 8 heteroatoms. The molecule has 1 aromatic heterocycles. The van der Waals surface area contributed by atoms with Gasteiger partial charge in [0.2, 0.25) is 5.91 Å². The van der Waals surface area contributed by atoms with Gasteiger partial charge in [-0.2, -0.15) is 18.3 Å². The van der Waals surface area contributed by atoms with Gasteiger partial charge < -0.3 is 9.80 Å². The highest BCUT2D eigenvalue weighted by Gasteiger charge is 2.30. The van der Waals surface area contributed by atoms with E-state index in [1.54, 1.807) is 4.90 Å². The highest BCUT2D eigenvalue weighted by atomic mass is 19.4. The number of H-pyrrole nitrogens is 1. The van der Waals surface area contributed by atoms with E-state index in [4.69, 9.17) is 0 Å². The topological polar surface area (TPSA) is 52.2 Å². The summed E-state index contributed by atoms with van der Waals surface area (Å²) in [6, 6.07) is 6.98. The molecule has 1 amide bonds. The molecule has 2 aromatic rings. The van der Waals surface area contributed by atoms with Crippen LogP contribution in [0.1, 0.15) is 17.0 Å². The Bertz CT molecular complexity index is 731. The Labute approximate surface area is 143 Å². The van der Waals surface area contributed by atoms with Gasteiger partial charge in [0.25, 0.3) is 0 Å². The Hall–Kier alpha value is -2.51. The highest BCUT2D eigenvalue weighted by molar-refractivity contribution is 5.78. The minimum absolute atomic E-state index is 0.0126. The molecule has 1 saturated heterocycles. The fraction of sp³-hybridized carbons (Fsp3) is 0.412. The Kier molecular flexibility index (Phi) is 4.69. The molecule has 0 atom stereocenters. The molecule has 25 heavy (non-hydrogen) atoms. The number of rotatable bonds is 3. The summed E-state index contributed by atoms with van der Waals surface area (Å²) in [6.07, 6.45) is -4.07. The molecule has 1 aromatic carbocycles. The Morgan fingerprint density at radius 1 is 1.16 bits per heavy atom. The van der Waals surface area contributed by atoms with Crippen molar-refractivity contribution in [1.29, 1.82) is 0 Å². The predicted molar refractivity (Wildman–Crippen MR) is 87.3 cm³/mol. The molecule has 0 saturated carbocycles. The summed E-state index contributed by atoms with van der Waals surface area (Å²) >= 11 is 0. The maximum Gasteiger partial charge on any atom is 0.416 e. The van der Waals surface area contributed by atoms with Crippen LogP contribution in [-0.2, 0) is 17.4 Å². The molecule has 1 N–H and O–H groups in total. The van der Waals surface area contributed by atoms with E-state index >= 15 is 0 Å². The minimum atomic E-state index is -4.33. The number of anilines is 1. The molecule has 0 spiro atoms. The lowest BCUT2D eigenvalue weighted by molar-refractivity contribution is -0.137. The highest BCUT2D eigenvalue weighted by Crippen LogP contribution is 2.30. The van der Waals surface area contributed by atoms with Crippen molar-refractivity contribution >= 4 is 11.6 Å². The van der Waals surface area contributed by atoms with Gasteiger partial charge in [-0.1, -0.05) is 0 Å². The van der Waals surface area contributed by atoms with Crippen molar-refractivity contribution in [3.05, 3.63) is 47.3 Å². The van der Waals surface area contributed by atoms with Crippen LogP contribution in [-0.4, -0.2) is 47.2 Å². The number of hydrogen-bond donors (Lipinski definition) is 1.